The molecule has 17 heavy (non-hydrogen) atoms. The molecule has 0 radical (unpaired) electrons. The Morgan fingerprint density at radius 3 is 2.41 bits per heavy atom. The molecule has 4 heteroatoms. The molecular weight excluding hydrogens is 238 g/mol. The molecule has 0 fully saturated rings. The molecule has 0 aliphatic heterocycles. The molecule has 0 amide bonds. The molecular formula is C13H20ClNO2. The topological polar surface area (TPSA) is 21.7 Å². The first-order valence-corrected chi connectivity index (χ1v) is 6.01. The average molecular weight is 258 g/mol. The van der Waals surface area contributed by atoms with Crippen LogP contribution in [-0.2, 0) is 6.42 Å². The quantitative estimate of drug-likeness (QED) is 0.782. The monoisotopic (exact) mass is 257 g/mol. The highest BCUT2D eigenvalue weighted by molar-refractivity contribution is 6.32. The largest absolute Gasteiger partial charge is 0.493 e. The van der Waals surface area contributed by atoms with Gasteiger partial charge in [0.05, 0.1) is 19.2 Å². The lowest BCUT2D eigenvalue weighted by Gasteiger charge is -2.13. The highest BCUT2D eigenvalue weighted by atomic mass is 35.5. The van der Waals surface area contributed by atoms with Gasteiger partial charge < -0.3 is 14.4 Å². The molecule has 0 aliphatic rings. The van der Waals surface area contributed by atoms with E-state index in [4.69, 9.17) is 21.1 Å². The van der Waals surface area contributed by atoms with Gasteiger partial charge >= 0.3 is 0 Å². The van der Waals surface area contributed by atoms with Crippen LogP contribution in [0.3, 0.4) is 0 Å². The molecule has 0 aliphatic carbocycles. The smallest absolute Gasteiger partial charge is 0.179 e. The third-order valence-corrected chi connectivity index (χ3v) is 2.84. The zero-order chi connectivity index (χ0) is 12.8. The van der Waals surface area contributed by atoms with E-state index in [1.807, 2.05) is 12.1 Å². The summed E-state index contributed by atoms with van der Waals surface area (Å²) in [6, 6.07) is 3.93. The first kappa shape index (κ1) is 14.1. The van der Waals surface area contributed by atoms with Crippen molar-refractivity contribution in [1.82, 2.24) is 4.90 Å². The standard InChI is InChI=1S/C13H20ClNO2/c1-15(2)7-5-6-10-8-11(14)13(17-4)12(9-10)16-3/h8-9H,5-7H2,1-4H3. The van der Waals surface area contributed by atoms with Crippen molar-refractivity contribution in [3.63, 3.8) is 0 Å². The van der Waals surface area contributed by atoms with Crippen LogP contribution in [0.4, 0.5) is 0 Å². The Labute approximate surface area is 108 Å². The van der Waals surface area contributed by atoms with Gasteiger partial charge in [0.1, 0.15) is 0 Å². The second-order valence-corrected chi connectivity index (χ2v) is 4.63. The molecule has 0 N–H and O–H groups in total. The summed E-state index contributed by atoms with van der Waals surface area (Å²) in [4.78, 5) is 2.17. The van der Waals surface area contributed by atoms with E-state index >= 15 is 0 Å². The average Bonchev–Trinajstić information content (AvgIpc) is 2.27. The third kappa shape index (κ3) is 4.10. The minimum atomic E-state index is 0.602. The van der Waals surface area contributed by atoms with Crippen molar-refractivity contribution < 1.29 is 9.47 Å². The number of ether oxygens (including phenoxy) is 2. The fourth-order valence-electron chi connectivity index (χ4n) is 1.72. The maximum Gasteiger partial charge on any atom is 0.179 e. The van der Waals surface area contributed by atoms with Crippen LogP contribution in [0.1, 0.15) is 12.0 Å². The second kappa shape index (κ2) is 6.72. The van der Waals surface area contributed by atoms with Crippen LogP contribution in [-0.4, -0.2) is 39.8 Å². The van der Waals surface area contributed by atoms with Crippen LogP contribution in [0, 0.1) is 0 Å². The number of nitrogens with zero attached hydrogens (tertiary/aromatic N) is 1. The van der Waals surface area contributed by atoms with E-state index < -0.39 is 0 Å². The summed E-state index contributed by atoms with van der Waals surface area (Å²) < 4.78 is 10.5. The SMILES string of the molecule is COc1cc(CCCN(C)C)cc(Cl)c1OC. The Kier molecular flexibility index (Phi) is 5.59. The minimum Gasteiger partial charge on any atom is -0.493 e. The van der Waals surface area contributed by atoms with Gasteiger partial charge in [-0.15, -0.1) is 0 Å². The van der Waals surface area contributed by atoms with E-state index in [1.54, 1.807) is 14.2 Å². The predicted octanol–water partition coefficient (Wildman–Crippen LogP) is 2.85. The van der Waals surface area contributed by atoms with Crippen molar-refractivity contribution in [3.8, 4) is 11.5 Å². The lowest BCUT2D eigenvalue weighted by atomic mass is 10.1. The zero-order valence-electron chi connectivity index (χ0n) is 10.9. The molecule has 0 aromatic heterocycles. The number of benzene rings is 1. The van der Waals surface area contributed by atoms with Crippen molar-refractivity contribution in [1.29, 1.82) is 0 Å². The molecule has 1 rings (SSSR count). The molecule has 0 unspecified atom stereocenters. The zero-order valence-corrected chi connectivity index (χ0v) is 11.7. The predicted molar refractivity (Wildman–Crippen MR) is 71.4 cm³/mol. The Hall–Kier alpha value is -0.930. The Bertz CT molecular complexity index is 367. The van der Waals surface area contributed by atoms with Crippen molar-refractivity contribution in [3.05, 3.63) is 22.7 Å². The molecule has 0 spiro atoms. The van der Waals surface area contributed by atoms with Crippen molar-refractivity contribution in [2.75, 3.05) is 34.9 Å². The summed E-state index contributed by atoms with van der Waals surface area (Å²) in [5, 5.41) is 0.603. The Morgan fingerprint density at radius 2 is 1.88 bits per heavy atom. The van der Waals surface area contributed by atoms with E-state index in [2.05, 4.69) is 19.0 Å². The number of methoxy groups -OCH3 is 2. The number of aryl methyl sites for hydroxylation is 1. The third-order valence-electron chi connectivity index (χ3n) is 2.56. The van der Waals surface area contributed by atoms with Crippen LogP contribution in [0.5, 0.6) is 11.5 Å². The fourth-order valence-corrected chi connectivity index (χ4v) is 2.03. The Balaban J connectivity index is 2.77. The van der Waals surface area contributed by atoms with Crippen molar-refractivity contribution in [2.24, 2.45) is 0 Å². The minimum absolute atomic E-state index is 0.602. The van der Waals surface area contributed by atoms with Gasteiger partial charge in [-0.3, -0.25) is 0 Å². The van der Waals surface area contributed by atoms with E-state index in [1.165, 1.54) is 5.56 Å². The normalized spacial score (nSPS) is 10.7. The summed E-state index contributed by atoms with van der Waals surface area (Å²) in [5.41, 5.74) is 1.18. The molecule has 1 aromatic carbocycles. The number of rotatable bonds is 6. The number of halogens is 1. The van der Waals surface area contributed by atoms with Crippen molar-refractivity contribution in [2.45, 2.75) is 12.8 Å². The highest BCUT2D eigenvalue weighted by Gasteiger charge is 2.10. The molecule has 96 valence electrons. The summed E-state index contributed by atoms with van der Waals surface area (Å²) in [5.74, 6) is 1.30. The van der Waals surface area contributed by atoms with Gasteiger partial charge in [-0.2, -0.15) is 0 Å². The first-order valence-electron chi connectivity index (χ1n) is 5.63. The highest BCUT2D eigenvalue weighted by Crippen LogP contribution is 2.36. The van der Waals surface area contributed by atoms with Gasteiger partial charge in [0.15, 0.2) is 11.5 Å². The first-order chi connectivity index (χ1) is 8.08. The number of hydrogen-bond acceptors (Lipinski definition) is 3. The van der Waals surface area contributed by atoms with Gasteiger partial charge in [0, 0.05) is 0 Å². The van der Waals surface area contributed by atoms with E-state index in [9.17, 15) is 0 Å². The van der Waals surface area contributed by atoms with E-state index in [0.717, 1.165) is 19.4 Å². The summed E-state index contributed by atoms with van der Waals surface area (Å²) in [6.07, 6.45) is 2.08. The molecule has 0 atom stereocenters. The summed E-state index contributed by atoms with van der Waals surface area (Å²) in [7, 11) is 7.36. The summed E-state index contributed by atoms with van der Waals surface area (Å²) in [6.45, 7) is 1.06. The molecule has 0 saturated carbocycles. The second-order valence-electron chi connectivity index (χ2n) is 4.22. The molecule has 0 bridgehead atoms. The van der Waals surface area contributed by atoms with Crippen LogP contribution < -0.4 is 9.47 Å². The van der Waals surface area contributed by atoms with Gasteiger partial charge in [-0.1, -0.05) is 11.6 Å². The van der Waals surface area contributed by atoms with Crippen LogP contribution in [0.15, 0.2) is 12.1 Å². The van der Waals surface area contributed by atoms with E-state index in [-0.39, 0.29) is 0 Å². The van der Waals surface area contributed by atoms with Gasteiger partial charge in [-0.05, 0) is 51.2 Å². The lowest BCUT2D eigenvalue weighted by molar-refractivity contribution is 0.354. The van der Waals surface area contributed by atoms with E-state index in [0.29, 0.717) is 16.5 Å². The van der Waals surface area contributed by atoms with Crippen LogP contribution in [0.2, 0.25) is 5.02 Å². The van der Waals surface area contributed by atoms with Crippen LogP contribution in [0.25, 0.3) is 0 Å². The molecule has 0 saturated heterocycles. The maximum atomic E-state index is 6.14. The number of hydrogen-bond donors (Lipinski definition) is 0. The Morgan fingerprint density at radius 1 is 1.18 bits per heavy atom. The lowest BCUT2D eigenvalue weighted by Crippen LogP contribution is -2.13. The molecule has 3 nitrogen and oxygen atoms in total. The van der Waals surface area contributed by atoms with Gasteiger partial charge in [0.25, 0.3) is 0 Å². The van der Waals surface area contributed by atoms with Gasteiger partial charge in [0.2, 0.25) is 0 Å². The van der Waals surface area contributed by atoms with Crippen LogP contribution >= 0.6 is 11.6 Å². The molecule has 1 aromatic rings. The molecule has 0 heterocycles. The maximum absolute atomic E-state index is 6.14. The summed E-state index contributed by atoms with van der Waals surface area (Å²) >= 11 is 6.14. The van der Waals surface area contributed by atoms with Gasteiger partial charge in [-0.25, -0.2) is 0 Å². The fraction of sp³-hybridized carbons (Fsp3) is 0.538. The van der Waals surface area contributed by atoms with Crippen molar-refractivity contribution >= 4 is 11.6 Å².